The fourth-order valence-electron chi connectivity index (χ4n) is 2.58. The summed E-state index contributed by atoms with van der Waals surface area (Å²) < 4.78 is 5.33. The smallest absolute Gasteiger partial charge is 0.169 e. The highest BCUT2D eigenvalue weighted by Gasteiger charge is 2.18. The largest absolute Gasteiger partial charge is 0.382 e. The van der Waals surface area contributed by atoms with Crippen LogP contribution in [-0.4, -0.2) is 60.8 Å². The molecule has 1 aliphatic heterocycles. The van der Waals surface area contributed by atoms with Gasteiger partial charge in [-0.15, -0.1) is 0 Å². The molecule has 0 bridgehead atoms. The predicted octanol–water partition coefficient (Wildman–Crippen LogP) is 2.76. The Morgan fingerprint density at radius 1 is 1.22 bits per heavy atom. The monoisotopic (exact) mass is 355 g/mol. The molecule has 1 saturated heterocycles. The van der Waals surface area contributed by atoms with Crippen LogP contribution in [0.2, 0.25) is 5.02 Å². The van der Waals surface area contributed by atoms with E-state index in [0.717, 1.165) is 69.0 Å². The minimum atomic E-state index is 0.778. The summed E-state index contributed by atoms with van der Waals surface area (Å²) in [7, 11) is 0. The van der Waals surface area contributed by atoms with Gasteiger partial charge in [0.2, 0.25) is 0 Å². The number of hydrogen-bond donors (Lipinski definition) is 1. The zero-order valence-electron chi connectivity index (χ0n) is 13.8. The zero-order chi connectivity index (χ0) is 16.5. The molecule has 1 heterocycles. The van der Waals surface area contributed by atoms with Crippen LogP contribution in [0.25, 0.3) is 0 Å². The maximum absolute atomic E-state index is 5.93. The van der Waals surface area contributed by atoms with Gasteiger partial charge < -0.3 is 15.0 Å². The average Bonchev–Trinajstić information content (AvgIpc) is 2.57. The molecule has 1 fully saturated rings. The van der Waals surface area contributed by atoms with Crippen LogP contribution in [0.15, 0.2) is 24.3 Å². The number of ether oxygens (including phenoxy) is 1. The lowest BCUT2D eigenvalue weighted by Crippen LogP contribution is -2.51. The van der Waals surface area contributed by atoms with Crippen LogP contribution in [-0.2, 0) is 11.3 Å². The van der Waals surface area contributed by atoms with Gasteiger partial charge in [-0.25, -0.2) is 0 Å². The lowest BCUT2D eigenvalue weighted by Gasteiger charge is -2.36. The first-order valence-electron chi connectivity index (χ1n) is 8.26. The predicted molar refractivity (Wildman–Crippen MR) is 100 cm³/mol. The Hall–Kier alpha value is -0.880. The Morgan fingerprint density at radius 2 is 1.91 bits per heavy atom. The number of nitrogens with zero attached hydrogens (tertiary/aromatic N) is 2. The lowest BCUT2D eigenvalue weighted by molar-refractivity contribution is 0.145. The van der Waals surface area contributed by atoms with Crippen molar-refractivity contribution in [1.82, 2.24) is 15.1 Å². The number of rotatable bonds is 7. The average molecular weight is 356 g/mol. The van der Waals surface area contributed by atoms with Gasteiger partial charge in [-0.1, -0.05) is 23.7 Å². The van der Waals surface area contributed by atoms with E-state index < -0.39 is 0 Å². The number of halogens is 1. The Balaban J connectivity index is 1.65. The van der Waals surface area contributed by atoms with Gasteiger partial charge in [-0.2, -0.15) is 0 Å². The molecule has 2 rings (SSSR count). The molecule has 0 aromatic heterocycles. The number of hydrogen-bond acceptors (Lipinski definition) is 3. The third-order valence-corrected chi connectivity index (χ3v) is 4.58. The minimum Gasteiger partial charge on any atom is -0.382 e. The molecule has 0 radical (unpaired) electrons. The molecule has 0 aliphatic carbocycles. The highest BCUT2D eigenvalue weighted by Crippen LogP contribution is 2.13. The van der Waals surface area contributed by atoms with Crippen molar-refractivity contribution in [1.29, 1.82) is 0 Å². The second-order valence-corrected chi connectivity index (χ2v) is 6.50. The molecular formula is C17H26ClN3OS. The van der Waals surface area contributed by atoms with Crippen molar-refractivity contribution in [3.63, 3.8) is 0 Å². The van der Waals surface area contributed by atoms with E-state index >= 15 is 0 Å². The normalized spacial score (nSPS) is 15.7. The summed E-state index contributed by atoms with van der Waals surface area (Å²) in [5.41, 5.74) is 1.31. The van der Waals surface area contributed by atoms with Gasteiger partial charge in [0.25, 0.3) is 0 Å². The number of benzene rings is 1. The molecule has 1 aliphatic rings. The Labute approximate surface area is 149 Å². The molecule has 128 valence electrons. The third kappa shape index (κ3) is 6.63. The van der Waals surface area contributed by atoms with E-state index in [1.807, 2.05) is 19.1 Å². The Morgan fingerprint density at radius 3 is 2.57 bits per heavy atom. The van der Waals surface area contributed by atoms with Crippen LogP contribution in [0.5, 0.6) is 0 Å². The van der Waals surface area contributed by atoms with Crippen LogP contribution in [0.3, 0.4) is 0 Å². The molecule has 0 amide bonds. The minimum absolute atomic E-state index is 0.778. The van der Waals surface area contributed by atoms with Gasteiger partial charge in [-0.05, 0) is 43.3 Å². The fourth-order valence-corrected chi connectivity index (χ4v) is 2.99. The lowest BCUT2D eigenvalue weighted by atomic mass is 10.2. The second kappa shape index (κ2) is 10.1. The summed E-state index contributed by atoms with van der Waals surface area (Å²) in [6, 6.07) is 8.10. The van der Waals surface area contributed by atoms with Crippen molar-refractivity contribution in [2.75, 3.05) is 45.9 Å². The van der Waals surface area contributed by atoms with E-state index in [1.165, 1.54) is 5.56 Å². The SMILES string of the molecule is CCOCCCNC(=S)N1CCN(Cc2ccc(Cl)cc2)CC1. The number of thiocarbonyl (C=S) groups is 1. The van der Waals surface area contributed by atoms with Crippen molar-refractivity contribution in [3.05, 3.63) is 34.9 Å². The fraction of sp³-hybridized carbons (Fsp3) is 0.588. The van der Waals surface area contributed by atoms with E-state index in [-0.39, 0.29) is 0 Å². The van der Waals surface area contributed by atoms with Gasteiger partial charge in [-0.3, -0.25) is 4.90 Å². The molecule has 6 heteroatoms. The molecule has 1 aromatic carbocycles. The van der Waals surface area contributed by atoms with Crippen molar-refractivity contribution >= 4 is 28.9 Å². The maximum atomic E-state index is 5.93. The second-order valence-electron chi connectivity index (χ2n) is 5.67. The van der Waals surface area contributed by atoms with Crippen molar-refractivity contribution < 1.29 is 4.74 Å². The molecular weight excluding hydrogens is 330 g/mol. The number of nitrogens with one attached hydrogen (secondary N) is 1. The molecule has 4 nitrogen and oxygen atoms in total. The summed E-state index contributed by atoms with van der Waals surface area (Å²) in [5.74, 6) is 0. The van der Waals surface area contributed by atoms with Crippen LogP contribution in [0, 0.1) is 0 Å². The summed E-state index contributed by atoms with van der Waals surface area (Å²) >= 11 is 11.4. The van der Waals surface area contributed by atoms with Crippen molar-refractivity contribution in [2.45, 2.75) is 19.9 Å². The Kier molecular flexibility index (Phi) is 8.09. The highest BCUT2D eigenvalue weighted by atomic mass is 35.5. The van der Waals surface area contributed by atoms with Gasteiger partial charge in [0, 0.05) is 57.5 Å². The summed E-state index contributed by atoms with van der Waals surface area (Å²) in [6.07, 6.45) is 0.991. The van der Waals surface area contributed by atoms with Crippen LogP contribution >= 0.6 is 23.8 Å². The molecule has 0 atom stereocenters. The van der Waals surface area contributed by atoms with E-state index in [0.29, 0.717) is 0 Å². The topological polar surface area (TPSA) is 27.7 Å². The molecule has 0 spiro atoms. The maximum Gasteiger partial charge on any atom is 0.169 e. The van der Waals surface area contributed by atoms with Crippen molar-refractivity contribution in [3.8, 4) is 0 Å². The first-order valence-corrected chi connectivity index (χ1v) is 9.05. The summed E-state index contributed by atoms with van der Waals surface area (Å²) in [5, 5.41) is 4.99. The molecule has 23 heavy (non-hydrogen) atoms. The van der Waals surface area contributed by atoms with E-state index in [1.54, 1.807) is 0 Å². The first-order chi connectivity index (χ1) is 11.2. The van der Waals surface area contributed by atoms with Crippen molar-refractivity contribution in [2.24, 2.45) is 0 Å². The molecule has 0 unspecified atom stereocenters. The summed E-state index contributed by atoms with van der Waals surface area (Å²) in [4.78, 5) is 4.71. The van der Waals surface area contributed by atoms with E-state index in [2.05, 4.69) is 27.2 Å². The third-order valence-electron chi connectivity index (χ3n) is 3.92. The van der Waals surface area contributed by atoms with E-state index in [9.17, 15) is 0 Å². The number of piperazine rings is 1. The standard InChI is InChI=1S/C17H26ClN3OS/c1-2-22-13-3-8-19-17(23)21-11-9-20(10-12-21)14-15-4-6-16(18)7-5-15/h4-7H,2-3,8-14H2,1H3,(H,19,23). The summed E-state index contributed by atoms with van der Waals surface area (Å²) in [6.45, 7) is 9.45. The van der Waals surface area contributed by atoms with Gasteiger partial charge in [0.05, 0.1) is 0 Å². The molecule has 1 aromatic rings. The van der Waals surface area contributed by atoms with Crippen LogP contribution < -0.4 is 5.32 Å². The highest BCUT2D eigenvalue weighted by molar-refractivity contribution is 7.80. The first kappa shape index (κ1) is 18.5. The Bertz CT molecular complexity index is 475. The van der Waals surface area contributed by atoms with E-state index in [4.69, 9.17) is 28.6 Å². The van der Waals surface area contributed by atoms with Gasteiger partial charge >= 0.3 is 0 Å². The quantitative estimate of drug-likeness (QED) is 0.599. The van der Waals surface area contributed by atoms with Gasteiger partial charge in [0.1, 0.15) is 0 Å². The van der Waals surface area contributed by atoms with Crippen LogP contribution in [0.1, 0.15) is 18.9 Å². The molecule has 0 saturated carbocycles. The molecule has 1 N–H and O–H groups in total. The van der Waals surface area contributed by atoms with Gasteiger partial charge in [0.15, 0.2) is 5.11 Å². The van der Waals surface area contributed by atoms with Crippen LogP contribution in [0.4, 0.5) is 0 Å². The zero-order valence-corrected chi connectivity index (χ0v) is 15.3.